The Morgan fingerprint density at radius 1 is 1.06 bits per heavy atom. The largest absolute Gasteiger partial charge is 0.478 e. The van der Waals surface area contributed by atoms with Gasteiger partial charge in [-0.2, -0.15) is 13.2 Å². The second-order valence-electron chi connectivity index (χ2n) is 14.1. The van der Waals surface area contributed by atoms with Crippen LogP contribution in [0.4, 0.5) is 24.8 Å². The summed E-state index contributed by atoms with van der Waals surface area (Å²) in [7, 11) is 0. The smallest absolute Gasteiger partial charge is 0.394 e. The van der Waals surface area contributed by atoms with E-state index in [4.69, 9.17) is 14.7 Å². The number of hydrogen-bond donors (Lipinski definition) is 3. The minimum atomic E-state index is -4.24. The Balaban J connectivity index is 1.16. The van der Waals surface area contributed by atoms with Crippen LogP contribution in [-0.4, -0.2) is 61.6 Å². The number of nitrogens with one attached hydrogen (secondary N) is 2. The van der Waals surface area contributed by atoms with Gasteiger partial charge in [0.15, 0.2) is 5.82 Å². The van der Waals surface area contributed by atoms with E-state index in [1.165, 1.54) is 4.68 Å². The zero-order valence-electron chi connectivity index (χ0n) is 28.1. The van der Waals surface area contributed by atoms with E-state index in [-0.39, 0.29) is 60.7 Å². The van der Waals surface area contributed by atoms with Gasteiger partial charge in [0.2, 0.25) is 5.88 Å². The number of ether oxygens (including phenoxy) is 1. The first kappa shape index (κ1) is 34.6. The maximum atomic E-state index is 13.8. The molecule has 2 unspecified atom stereocenters. The summed E-state index contributed by atoms with van der Waals surface area (Å²) in [6.45, 7) is 4.80. The Kier molecular flexibility index (Phi) is 9.10. The summed E-state index contributed by atoms with van der Waals surface area (Å²) >= 11 is 1.09. The van der Waals surface area contributed by atoms with Crippen molar-refractivity contribution in [3.8, 4) is 11.7 Å². The van der Waals surface area contributed by atoms with E-state index in [1.807, 2.05) is 24.3 Å². The average Bonchev–Trinajstić information content (AvgIpc) is 3.65. The summed E-state index contributed by atoms with van der Waals surface area (Å²) in [6.07, 6.45) is -0.0579. The lowest BCUT2D eigenvalue weighted by molar-refractivity contribution is -0.190. The second-order valence-corrected chi connectivity index (χ2v) is 14.9. The van der Waals surface area contributed by atoms with Gasteiger partial charge in [0, 0.05) is 36.3 Å². The predicted octanol–water partition coefficient (Wildman–Crippen LogP) is 7.46. The highest BCUT2D eigenvalue weighted by molar-refractivity contribution is 7.97. The fourth-order valence-electron chi connectivity index (χ4n) is 7.06. The topological polar surface area (TPSA) is 134 Å². The molecule has 11 nitrogen and oxygen atoms in total. The molecule has 1 saturated carbocycles. The number of nitrogens with zero attached hydrogens (tertiary/aromatic N) is 5. The Bertz CT molecular complexity index is 1930. The normalized spacial score (nSPS) is 21.0. The van der Waals surface area contributed by atoms with Gasteiger partial charge < -0.3 is 20.1 Å². The van der Waals surface area contributed by atoms with Gasteiger partial charge in [0.25, 0.3) is 5.91 Å². The number of carboxylic acids is 1. The van der Waals surface area contributed by atoms with Crippen molar-refractivity contribution >= 4 is 35.5 Å². The summed E-state index contributed by atoms with van der Waals surface area (Å²) in [5.41, 5.74) is -0.469. The van der Waals surface area contributed by atoms with Crippen molar-refractivity contribution < 1.29 is 32.6 Å². The van der Waals surface area contributed by atoms with Crippen molar-refractivity contribution in [2.45, 2.75) is 75.2 Å². The number of carbonyl (C=O) groups is 2. The number of benzene rings is 1. The van der Waals surface area contributed by atoms with E-state index in [0.717, 1.165) is 36.8 Å². The lowest BCUT2D eigenvalue weighted by Gasteiger charge is -2.34. The third-order valence-electron chi connectivity index (χ3n) is 10.1. The predicted molar refractivity (Wildman–Crippen MR) is 185 cm³/mol. The van der Waals surface area contributed by atoms with Gasteiger partial charge in [-0.05, 0) is 100 Å². The molecular weight excluding hydrogens is 684 g/mol. The van der Waals surface area contributed by atoms with Gasteiger partial charge >= 0.3 is 12.1 Å². The van der Waals surface area contributed by atoms with Crippen molar-refractivity contribution in [3.63, 3.8) is 0 Å². The zero-order valence-corrected chi connectivity index (χ0v) is 28.9. The van der Waals surface area contributed by atoms with Crippen molar-refractivity contribution in [2.24, 2.45) is 11.3 Å². The van der Waals surface area contributed by atoms with Crippen LogP contribution in [-0.2, 0) is 0 Å². The molecule has 2 atom stereocenters. The number of aromatic carboxylic acids is 1. The minimum Gasteiger partial charge on any atom is -0.478 e. The first-order valence-corrected chi connectivity index (χ1v) is 17.7. The van der Waals surface area contributed by atoms with E-state index in [1.54, 1.807) is 42.6 Å². The van der Waals surface area contributed by atoms with Crippen molar-refractivity contribution in [1.82, 2.24) is 24.5 Å². The van der Waals surface area contributed by atoms with Gasteiger partial charge in [-0.15, -0.1) is 5.10 Å². The molecule has 2 fully saturated rings. The number of pyridine rings is 2. The Morgan fingerprint density at radius 2 is 1.84 bits per heavy atom. The molecule has 2 aliphatic heterocycles. The van der Waals surface area contributed by atoms with E-state index in [2.05, 4.69) is 33.9 Å². The van der Waals surface area contributed by atoms with E-state index in [9.17, 15) is 27.9 Å². The van der Waals surface area contributed by atoms with E-state index < -0.39 is 17.6 Å². The molecule has 1 amide bonds. The first-order chi connectivity index (χ1) is 24.3. The Hall–Kier alpha value is -4.79. The first-order valence-electron chi connectivity index (χ1n) is 16.9. The molecule has 4 bridgehead atoms. The fraction of sp³-hybridized carbons (Fsp3) is 0.417. The van der Waals surface area contributed by atoms with Gasteiger partial charge in [-0.25, -0.2) is 19.4 Å². The summed E-state index contributed by atoms with van der Waals surface area (Å²) in [6, 6.07) is 17.2. The molecule has 0 radical (unpaired) electrons. The Labute approximate surface area is 297 Å². The molecule has 0 spiro atoms. The van der Waals surface area contributed by atoms with Crippen LogP contribution in [0.1, 0.15) is 84.7 Å². The number of anilines is 2. The number of carbonyl (C=O) groups excluding carboxylic acids is 1. The second kappa shape index (κ2) is 13.4. The SMILES string of the molecule is CC1(C)CC2CCC(c3ccc(C(=O)O)cc3)Nc3cccc(n3)SNC(=O)c3ccc(-n4ccc(OCCC5(C(F)(F)F)CC5)n4)nc3N1C2. The molecule has 7 rings (SSSR count). The van der Waals surface area contributed by atoms with Crippen LogP contribution in [0.5, 0.6) is 5.88 Å². The molecule has 3 aliphatic rings. The maximum Gasteiger partial charge on any atom is 0.394 e. The highest BCUT2D eigenvalue weighted by Gasteiger charge is 2.62. The van der Waals surface area contributed by atoms with Gasteiger partial charge in [0.1, 0.15) is 16.7 Å². The molecule has 1 saturated heterocycles. The molecule has 1 aliphatic carbocycles. The third kappa shape index (κ3) is 7.34. The quantitative estimate of drug-likeness (QED) is 0.165. The lowest BCUT2D eigenvalue weighted by atomic mass is 9.90. The highest BCUT2D eigenvalue weighted by Crippen LogP contribution is 2.59. The number of hydrogen-bond acceptors (Lipinski definition) is 9. The molecular formula is C36H38F3N7O4S. The van der Waals surface area contributed by atoms with Gasteiger partial charge in [0.05, 0.1) is 29.2 Å². The number of aromatic nitrogens is 4. The molecule has 3 N–H and O–H groups in total. The number of alkyl halides is 3. The zero-order chi connectivity index (χ0) is 36.0. The average molecular weight is 722 g/mol. The van der Waals surface area contributed by atoms with Crippen LogP contribution >= 0.6 is 11.9 Å². The number of amides is 1. The molecule has 268 valence electrons. The van der Waals surface area contributed by atoms with Crippen LogP contribution in [0.15, 0.2) is 71.9 Å². The molecule has 1 aromatic carbocycles. The van der Waals surface area contributed by atoms with Crippen LogP contribution in [0.25, 0.3) is 5.82 Å². The van der Waals surface area contributed by atoms with E-state index in [0.29, 0.717) is 34.6 Å². The molecule has 3 aromatic heterocycles. The summed E-state index contributed by atoms with van der Waals surface area (Å²) in [5.74, 6) is 0.666. The highest BCUT2D eigenvalue weighted by atomic mass is 32.2. The van der Waals surface area contributed by atoms with Crippen LogP contribution < -0.4 is 19.7 Å². The van der Waals surface area contributed by atoms with E-state index >= 15 is 0 Å². The van der Waals surface area contributed by atoms with Crippen LogP contribution in [0.2, 0.25) is 0 Å². The lowest BCUT2D eigenvalue weighted by Crippen LogP contribution is -2.40. The monoisotopic (exact) mass is 721 g/mol. The Morgan fingerprint density at radius 3 is 2.57 bits per heavy atom. The van der Waals surface area contributed by atoms with Gasteiger partial charge in [-0.1, -0.05) is 18.2 Å². The number of carboxylic acid groups (broad SMARTS) is 1. The van der Waals surface area contributed by atoms with Crippen LogP contribution in [0.3, 0.4) is 0 Å². The third-order valence-corrected chi connectivity index (χ3v) is 10.8. The standard InChI is InChI=1S/C36H38F3N7O4S/c1-34(2)20-22-6-12-26(23-7-9-24(10-8-23)33(48)49)40-27-4-3-5-30(41-27)51-44-32(47)25-11-13-28(42-31(25)45(34)21-22)46-18-14-29(43-46)50-19-17-35(15-16-35)36(37,38)39/h3-5,7-11,13-14,18,22,26H,6,12,15-17,19-21H2,1-2H3,(H,40,41)(H,44,47)(H,48,49). The van der Waals surface area contributed by atoms with Crippen molar-refractivity contribution in [3.05, 3.63) is 83.6 Å². The molecule has 5 heterocycles. The van der Waals surface area contributed by atoms with Crippen LogP contribution in [0, 0.1) is 11.3 Å². The maximum absolute atomic E-state index is 13.8. The number of fused-ring (bicyclic) bond motifs is 6. The summed E-state index contributed by atoms with van der Waals surface area (Å²) in [5, 5.41) is 18.0. The number of halogens is 3. The number of rotatable bonds is 7. The molecule has 15 heteroatoms. The molecule has 51 heavy (non-hydrogen) atoms. The fourth-order valence-corrected chi connectivity index (χ4v) is 7.66. The van der Waals surface area contributed by atoms with Gasteiger partial charge in [-0.3, -0.25) is 9.52 Å². The summed E-state index contributed by atoms with van der Waals surface area (Å²) in [4.78, 5) is 37.1. The van der Waals surface area contributed by atoms with Crippen molar-refractivity contribution in [2.75, 3.05) is 23.4 Å². The minimum absolute atomic E-state index is 0.100. The van der Waals surface area contributed by atoms with Crippen molar-refractivity contribution in [1.29, 1.82) is 0 Å². The molecule has 4 aromatic rings. The summed E-state index contributed by atoms with van der Waals surface area (Å²) < 4.78 is 50.1.